The zero-order chi connectivity index (χ0) is 14.1. The maximum absolute atomic E-state index is 5.11. The molecule has 0 aliphatic heterocycles. The van der Waals surface area contributed by atoms with E-state index in [9.17, 15) is 0 Å². The van der Waals surface area contributed by atoms with Gasteiger partial charge in [0.05, 0.1) is 12.8 Å². The SMILES string of the molecule is COc1ccc(N=C/C=C(\C)CCC=C(C)C)cc1. The second-order valence-electron chi connectivity index (χ2n) is 4.81. The minimum atomic E-state index is 0.854. The van der Waals surface area contributed by atoms with Crippen molar-refractivity contribution in [3.05, 3.63) is 47.6 Å². The lowest BCUT2D eigenvalue weighted by atomic mass is 10.1. The van der Waals surface area contributed by atoms with Crippen LogP contribution in [0, 0.1) is 0 Å². The van der Waals surface area contributed by atoms with Crippen LogP contribution in [-0.4, -0.2) is 13.3 Å². The summed E-state index contributed by atoms with van der Waals surface area (Å²) in [5.74, 6) is 0.854. The van der Waals surface area contributed by atoms with Crippen LogP contribution in [0.15, 0.2) is 52.6 Å². The van der Waals surface area contributed by atoms with Crippen LogP contribution in [0.25, 0.3) is 0 Å². The van der Waals surface area contributed by atoms with E-state index >= 15 is 0 Å². The van der Waals surface area contributed by atoms with E-state index in [0.29, 0.717) is 0 Å². The zero-order valence-corrected chi connectivity index (χ0v) is 12.3. The molecule has 102 valence electrons. The van der Waals surface area contributed by atoms with E-state index in [-0.39, 0.29) is 0 Å². The highest BCUT2D eigenvalue weighted by atomic mass is 16.5. The van der Waals surface area contributed by atoms with Crippen LogP contribution in [0.4, 0.5) is 5.69 Å². The summed E-state index contributed by atoms with van der Waals surface area (Å²) in [6, 6.07) is 7.72. The van der Waals surface area contributed by atoms with Crippen molar-refractivity contribution in [1.29, 1.82) is 0 Å². The van der Waals surface area contributed by atoms with Crippen LogP contribution in [0.1, 0.15) is 33.6 Å². The molecule has 2 heteroatoms. The fourth-order valence-corrected chi connectivity index (χ4v) is 1.59. The zero-order valence-electron chi connectivity index (χ0n) is 12.3. The van der Waals surface area contributed by atoms with Gasteiger partial charge in [0, 0.05) is 6.21 Å². The van der Waals surface area contributed by atoms with Crippen LogP contribution in [0.5, 0.6) is 5.75 Å². The molecule has 0 saturated carbocycles. The Morgan fingerprint density at radius 1 is 1.16 bits per heavy atom. The summed E-state index contributed by atoms with van der Waals surface area (Å²) >= 11 is 0. The van der Waals surface area contributed by atoms with Crippen molar-refractivity contribution >= 4 is 11.9 Å². The molecule has 0 N–H and O–H groups in total. The van der Waals surface area contributed by atoms with Crippen LogP contribution < -0.4 is 4.74 Å². The summed E-state index contributed by atoms with van der Waals surface area (Å²) in [6.07, 6.45) is 8.38. The Hall–Kier alpha value is -1.83. The van der Waals surface area contributed by atoms with Crippen LogP contribution in [-0.2, 0) is 0 Å². The number of hydrogen-bond acceptors (Lipinski definition) is 2. The Kier molecular flexibility index (Phi) is 6.65. The van der Waals surface area contributed by atoms with Crippen molar-refractivity contribution in [3.63, 3.8) is 0 Å². The molecule has 0 aromatic heterocycles. The van der Waals surface area contributed by atoms with Crippen molar-refractivity contribution in [2.45, 2.75) is 33.6 Å². The molecular weight excluding hydrogens is 234 g/mol. The van der Waals surface area contributed by atoms with E-state index in [4.69, 9.17) is 4.74 Å². The third kappa shape index (κ3) is 6.61. The lowest BCUT2D eigenvalue weighted by Crippen LogP contribution is -1.80. The topological polar surface area (TPSA) is 21.6 Å². The molecule has 0 atom stereocenters. The largest absolute Gasteiger partial charge is 0.497 e. The van der Waals surface area contributed by atoms with E-state index < -0.39 is 0 Å². The molecule has 0 radical (unpaired) electrons. The van der Waals surface area contributed by atoms with Gasteiger partial charge in [0.15, 0.2) is 0 Å². The molecule has 0 amide bonds. The summed E-state index contributed by atoms with van der Waals surface area (Å²) in [4.78, 5) is 4.39. The Bertz CT molecular complexity index is 463. The Morgan fingerprint density at radius 3 is 2.42 bits per heavy atom. The molecule has 2 nitrogen and oxygen atoms in total. The first-order valence-electron chi connectivity index (χ1n) is 6.59. The van der Waals surface area contributed by atoms with Crippen LogP contribution >= 0.6 is 0 Å². The molecule has 1 aromatic rings. The minimum absolute atomic E-state index is 0.854. The minimum Gasteiger partial charge on any atom is -0.497 e. The fraction of sp³-hybridized carbons (Fsp3) is 0.353. The van der Waals surface area contributed by atoms with Gasteiger partial charge in [0.1, 0.15) is 5.75 Å². The lowest BCUT2D eigenvalue weighted by Gasteiger charge is -1.99. The highest BCUT2D eigenvalue weighted by molar-refractivity contribution is 5.75. The monoisotopic (exact) mass is 257 g/mol. The third-order valence-corrected chi connectivity index (χ3v) is 2.75. The number of benzene rings is 1. The fourth-order valence-electron chi connectivity index (χ4n) is 1.59. The molecule has 0 bridgehead atoms. The van der Waals surface area contributed by atoms with Crippen LogP contribution in [0.2, 0.25) is 0 Å². The molecule has 0 heterocycles. The third-order valence-electron chi connectivity index (χ3n) is 2.75. The second-order valence-corrected chi connectivity index (χ2v) is 4.81. The molecule has 1 rings (SSSR count). The highest BCUT2D eigenvalue weighted by Crippen LogP contribution is 2.17. The normalized spacial score (nSPS) is 11.7. The van der Waals surface area contributed by atoms with Gasteiger partial charge in [-0.3, -0.25) is 4.99 Å². The number of rotatable bonds is 6. The van der Waals surface area contributed by atoms with Crippen molar-refractivity contribution < 1.29 is 4.74 Å². The van der Waals surface area contributed by atoms with E-state index in [1.165, 1.54) is 11.1 Å². The van der Waals surface area contributed by atoms with Gasteiger partial charge in [-0.15, -0.1) is 0 Å². The Labute approximate surface area is 116 Å². The molecule has 0 aliphatic rings. The van der Waals surface area contributed by atoms with Crippen LogP contribution in [0.3, 0.4) is 0 Å². The summed E-state index contributed by atoms with van der Waals surface area (Å²) in [5.41, 5.74) is 3.66. The summed E-state index contributed by atoms with van der Waals surface area (Å²) in [6.45, 7) is 6.40. The second kappa shape index (κ2) is 8.30. The van der Waals surface area contributed by atoms with E-state index in [1.807, 2.05) is 30.5 Å². The molecule has 0 aliphatic carbocycles. The van der Waals surface area contributed by atoms with Gasteiger partial charge in [-0.05, 0) is 64.0 Å². The maximum atomic E-state index is 5.11. The lowest BCUT2D eigenvalue weighted by molar-refractivity contribution is 0.415. The van der Waals surface area contributed by atoms with Crippen molar-refractivity contribution in [3.8, 4) is 5.75 Å². The summed E-state index contributed by atoms with van der Waals surface area (Å²) in [7, 11) is 1.66. The van der Waals surface area contributed by atoms with Gasteiger partial charge in [0.2, 0.25) is 0 Å². The first-order chi connectivity index (χ1) is 9.11. The number of nitrogens with zero attached hydrogens (tertiary/aromatic N) is 1. The van der Waals surface area contributed by atoms with Crippen molar-refractivity contribution in [2.24, 2.45) is 4.99 Å². The molecule has 1 aromatic carbocycles. The Morgan fingerprint density at radius 2 is 1.84 bits per heavy atom. The quantitative estimate of drug-likeness (QED) is 0.514. The number of methoxy groups -OCH3 is 1. The number of hydrogen-bond donors (Lipinski definition) is 0. The predicted octanol–water partition coefficient (Wildman–Crippen LogP) is 5.09. The van der Waals surface area contributed by atoms with E-state index in [0.717, 1.165) is 24.3 Å². The average molecular weight is 257 g/mol. The molecule has 0 unspecified atom stereocenters. The van der Waals surface area contributed by atoms with Gasteiger partial charge < -0.3 is 4.74 Å². The van der Waals surface area contributed by atoms with E-state index in [1.54, 1.807) is 7.11 Å². The molecule has 0 saturated heterocycles. The van der Waals surface area contributed by atoms with Crippen molar-refractivity contribution in [2.75, 3.05) is 7.11 Å². The Balaban J connectivity index is 2.48. The van der Waals surface area contributed by atoms with Gasteiger partial charge in [-0.25, -0.2) is 0 Å². The first kappa shape index (κ1) is 15.2. The van der Waals surface area contributed by atoms with Gasteiger partial charge in [-0.2, -0.15) is 0 Å². The number of aliphatic imine (C=N–C) groups is 1. The standard InChI is InChI=1S/C17H23NO/c1-14(2)6-5-7-15(3)12-13-18-16-8-10-17(19-4)11-9-16/h6,8-13H,5,7H2,1-4H3/b15-12+,18-13?. The van der Waals surface area contributed by atoms with Gasteiger partial charge >= 0.3 is 0 Å². The molecule has 19 heavy (non-hydrogen) atoms. The predicted molar refractivity (Wildman–Crippen MR) is 83.6 cm³/mol. The first-order valence-corrected chi connectivity index (χ1v) is 6.59. The average Bonchev–Trinajstić information content (AvgIpc) is 2.39. The molecular formula is C17H23NO. The van der Waals surface area contributed by atoms with Gasteiger partial charge in [-0.1, -0.05) is 17.2 Å². The number of ether oxygens (including phenoxy) is 1. The molecule has 0 spiro atoms. The summed E-state index contributed by atoms with van der Waals surface area (Å²) in [5, 5.41) is 0. The summed E-state index contributed by atoms with van der Waals surface area (Å²) < 4.78 is 5.11. The maximum Gasteiger partial charge on any atom is 0.119 e. The smallest absolute Gasteiger partial charge is 0.119 e. The number of allylic oxidation sites excluding steroid dienone is 4. The highest BCUT2D eigenvalue weighted by Gasteiger charge is 1.90. The van der Waals surface area contributed by atoms with Gasteiger partial charge in [0.25, 0.3) is 0 Å². The molecule has 0 fully saturated rings. The van der Waals surface area contributed by atoms with E-state index in [2.05, 4.69) is 37.9 Å². The van der Waals surface area contributed by atoms with Crippen molar-refractivity contribution in [1.82, 2.24) is 0 Å².